The Morgan fingerprint density at radius 3 is 1.51 bits per heavy atom. The molecule has 0 aliphatic heterocycles. The van der Waals surface area contributed by atoms with E-state index in [-0.39, 0.29) is 20.9 Å². The first-order chi connectivity index (χ1) is 19.3. The molecule has 0 fully saturated rings. The molecular formula is C28H23Cl3N2O6S2. The second-order valence-corrected chi connectivity index (χ2v) is 13.0. The van der Waals surface area contributed by atoms with Crippen molar-refractivity contribution in [1.29, 1.82) is 0 Å². The Morgan fingerprint density at radius 1 is 0.610 bits per heavy atom. The summed E-state index contributed by atoms with van der Waals surface area (Å²) in [6.07, 6.45) is 0.560. The maximum Gasteiger partial charge on any atom is 0.265 e. The topological polar surface area (TPSA) is 126 Å². The quantitative estimate of drug-likeness (QED) is 0.247. The first-order valence-electron chi connectivity index (χ1n) is 11.8. The highest BCUT2D eigenvalue weighted by Crippen LogP contribution is 2.19. The molecule has 0 radical (unpaired) electrons. The van der Waals surface area contributed by atoms with E-state index in [9.17, 15) is 26.4 Å². The Balaban J connectivity index is 0.000000228. The highest BCUT2D eigenvalue weighted by atomic mass is 35.5. The summed E-state index contributed by atoms with van der Waals surface area (Å²) in [7, 11) is -7.83. The van der Waals surface area contributed by atoms with Crippen molar-refractivity contribution in [3.05, 3.63) is 129 Å². The van der Waals surface area contributed by atoms with Gasteiger partial charge in [0.15, 0.2) is 0 Å². The summed E-state index contributed by atoms with van der Waals surface area (Å²) < 4.78 is 52.3. The number of nitrogens with one attached hydrogen (secondary N) is 2. The number of hydrogen-bond donors (Lipinski definition) is 2. The molecule has 0 heterocycles. The zero-order chi connectivity index (χ0) is 30.2. The third-order valence-electron chi connectivity index (χ3n) is 5.43. The molecule has 0 bridgehead atoms. The van der Waals surface area contributed by atoms with E-state index in [1.54, 1.807) is 30.3 Å². The predicted octanol–water partition coefficient (Wildman–Crippen LogP) is 6.13. The van der Waals surface area contributed by atoms with Crippen molar-refractivity contribution in [1.82, 2.24) is 9.44 Å². The monoisotopic (exact) mass is 652 g/mol. The van der Waals surface area contributed by atoms with Gasteiger partial charge in [-0.2, -0.15) is 0 Å². The standard InChI is InChI=1S/C15H13Cl2NO3S.C13H10ClNO3S/c1-2-10-9-12(17)5-8-14(10)15(19)18-22(20,21)13-6-3-11(16)4-7-13;14-11-6-8-12(9-7-11)19(17,18)15-13(16)10-4-2-1-3-5-10/h3-9H,2H2,1H3,(H,18,19);1-9H,(H,15,16). The number of hydrogen-bond acceptors (Lipinski definition) is 6. The van der Waals surface area contributed by atoms with Crippen molar-refractivity contribution in [3.63, 3.8) is 0 Å². The molecule has 0 spiro atoms. The average molecular weight is 654 g/mol. The third kappa shape index (κ3) is 9.04. The number of halogens is 3. The summed E-state index contributed by atoms with van der Waals surface area (Å²) in [5.74, 6) is -1.36. The highest BCUT2D eigenvalue weighted by molar-refractivity contribution is 7.90. The molecule has 0 atom stereocenters. The minimum Gasteiger partial charge on any atom is -0.268 e. The van der Waals surface area contributed by atoms with Crippen LogP contribution in [0.5, 0.6) is 0 Å². The highest BCUT2D eigenvalue weighted by Gasteiger charge is 2.21. The van der Waals surface area contributed by atoms with E-state index >= 15 is 0 Å². The van der Waals surface area contributed by atoms with Gasteiger partial charge in [0.1, 0.15) is 0 Å². The fourth-order valence-electron chi connectivity index (χ4n) is 3.37. The molecule has 0 saturated carbocycles. The first kappa shape index (κ1) is 32.1. The number of benzene rings is 4. The van der Waals surface area contributed by atoms with Crippen LogP contribution in [0.1, 0.15) is 33.2 Å². The Kier molecular flexibility index (Phi) is 10.9. The molecule has 0 unspecified atom stereocenters. The van der Waals surface area contributed by atoms with Crippen molar-refractivity contribution in [2.24, 2.45) is 0 Å². The van der Waals surface area contributed by atoms with Gasteiger partial charge in [0.05, 0.1) is 9.79 Å². The largest absolute Gasteiger partial charge is 0.268 e. The van der Waals surface area contributed by atoms with Gasteiger partial charge in [0.2, 0.25) is 0 Å². The fraction of sp³-hybridized carbons (Fsp3) is 0.0714. The third-order valence-corrected chi connectivity index (χ3v) is 8.86. The van der Waals surface area contributed by atoms with Crippen molar-refractivity contribution < 1.29 is 26.4 Å². The Hall–Kier alpha value is -3.41. The molecule has 0 aliphatic rings. The number of carbonyl (C=O) groups excluding carboxylic acids is 2. The molecule has 0 aromatic heterocycles. The smallest absolute Gasteiger partial charge is 0.265 e. The van der Waals surface area contributed by atoms with Gasteiger partial charge in [-0.25, -0.2) is 26.3 Å². The maximum absolute atomic E-state index is 12.2. The van der Waals surface area contributed by atoms with Gasteiger partial charge in [-0.1, -0.05) is 59.9 Å². The summed E-state index contributed by atoms with van der Waals surface area (Å²) in [4.78, 5) is 24.0. The molecule has 2 amide bonds. The molecule has 8 nitrogen and oxygen atoms in total. The average Bonchev–Trinajstić information content (AvgIpc) is 2.93. The van der Waals surface area contributed by atoms with Gasteiger partial charge in [-0.15, -0.1) is 0 Å². The lowest BCUT2D eigenvalue weighted by molar-refractivity contribution is 0.0972. The van der Waals surface area contributed by atoms with Gasteiger partial charge >= 0.3 is 0 Å². The molecule has 0 aliphatic carbocycles. The molecule has 41 heavy (non-hydrogen) atoms. The van der Waals surface area contributed by atoms with E-state index in [1.807, 2.05) is 16.4 Å². The van der Waals surface area contributed by atoms with Crippen molar-refractivity contribution >= 4 is 66.7 Å². The Labute approximate surface area is 253 Å². The second kappa shape index (κ2) is 14.0. The van der Waals surface area contributed by atoms with Crippen LogP contribution in [0.3, 0.4) is 0 Å². The fourth-order valence-corrected chi connectivity index (χ4v) is 5.76. The van der Waals surface area contributed by atoms with Crippen LogP contribution in [0, 0.1) is 0 Å². The minimum atomic E-state index is -3.95. The molecular weight excluding hydrogens is 631 g/mol. The normalized spacial score (nSPS) is 11.1. The Morgan fingerprint density at radius 2 is 1.05 bits per heavy atom. The van der Waals surface area contributed by atoms with Crippen LogP contribution in [0.25, 0.3) is 0 Å². The van der Waals surface area contributed by atoms with E-state index in [0.29, 0.717) is 27.1 Å². The lowest BCUT2D eigenvalue weighted by Crippen LogP contribution is -2.31. The van der Waals surface area contributed by atoms with E-state index in [2.05, 4.69) is 0 Å². The Bertz CT molecular complexity index is 1750. The van der Waals surface area contributed by atoms with Crippen LogP contribution >= 0.6 is 34.8 Å². The van der Waals surface area contributed by atoms with E-state index in [1.165, 1.54) is 66.7 Å². The second-order valence-electron chi connectivity index (χ2n) is 8.30. The number of aryl methyl sites for hydroxylation is 1. The molecule has 214 valence electrons. The molecule has 2 N–H and O–H groups in total. The van der Waals surface area contributed by atoms with Gasteiger partial charge in [0, 0.05) is 26.2 Å². The number of carbonyl (C=O) groups is 2. The summed E-state index contributed by atoms with van der Waals surface area (Å²) in [6, 6.07) is 23.9. The van der Waals surface area contributed by atoms with Gasteiger partial charge in [0.25, 0.3) is 31.9 Å². The number of rotatable bonds is 7. The minimum absolute atomic E-state index is 0.0128. The van der Waals surface area contributed by atoms with E-state index < -0.39 is 31.9 Å². The summed E-state index contributed by atoms with van der Waals surface area (Å²) in [6.45, 7) is 1.86. The van der Waals surface area contributed by atoms with Crippen LogP contribution < -0.4 is 9.44 Å². The molecule has 13 heteroatoms. The summed E-state index contributed by atoms with van der Waals surface area (Å²) in [5, 5.41) is 1.33. The lowest BCUT2D eigenvalue weighted by Gasteiger charge is -2.10. The van der Waals surface area contributed by atoms with Crippen LogP contribution in [-0.4, -0.2) is 28.6 Å². The van der Waals surface area contributed by atoms with Crippen LogP contribution in [0.4, 0.5) is 0 Å². The number of amides is 2. The lowest BCUT2D eigenvalue weighted by atomic mass is 10.1. The maximum atomic E-state index is 12.2. The van der Waals surface area contributed by atoms with E-state index in [4.69, 9.17) is 34.8 Å². The molecule has 4 aromatic rings. The zero-order valence-electron chi connectivity index (χ0n) is 21.3. The molecule has 4 aromatic carbocycles. The van der Waals surface area contributed by atoms with Crippen molar-refractivity contribution in [3.8, 4) is 0 Å². The van der Waals surface area contributed by atoms with E-state index in [0.717, 1.165) is 0 Å². The SMILES string of the molecule is CCc1cc(Cl)ccc1C(=O)NS(=O)(=O)c1ccc(Cl)cc1.O=C(NS(=O)(=O)c1ccc(Cl)cc1)c1ccccc1. The zero-order valence-corrected chi connectivity index (χ0v) is 25.2. The molecule has 4 rings (SSSR count). The van der Waals surface area contributed by atoms with Gasteiger partial charge in [-0.05, 0) is 90.8 Å². The summed E-state index contributed by atoms with van der Waals surface area (Å²) >= 11 is 17.3. The summed E-state index contributed by atoms with van der Waals surface area (Å²) in [5.41, 5.74) is 1.24. The van der Waals surface area contributed by atoms with Gasteiger partial charge in [-0.3, -0.25) is 9.59 Å². The van der Waals surface area contributed by atoms with Crippen molar-refractivity contribution in [2.75, 3.05) is 0 Å². The van der Waals surface area contributed by atoms with Crippen LogP contribution in [0.2, 0.25) is 15.1 Å². The van der Waals surface area contributed by atoms with Gasteiger partial charge < -0.3 is 0 Å². The molecule has 0 saturated heterocycles. The van der Waals surface area contributed by atoms with Crippen molar-refractivity contribution in [2.45, 2.75) is 23.1 Å². The predicted molar refractivity (Wildman–Crippen MR) is 159 cm³/mol. The number of sulfonamides is 2. The van der Waals surface area contributed by atoms with Crippen LogP contribution in [0.15, 0.2) is 107 Å². The van der Waals surface area contributed by atoms with Crippen LogP contribution in [-0.2, 0) is 26.5 Å². The first-order valence-corrected chi connectivity index (χ1v) is 15.9.